The second-order valence-electron chi connectivity index (χ2n) is 5.28. The Morgan fingerprint density at radius 2 is 2.00 bits per heavy atom. The van der Waals surface area contributed by atoms with Crippen molar-refractivity contribution in [3.05, 3.63) is 40.6 Å². The van der Waals surface area contributed by atoms with E-state index in [9.17, 15) is 5.26 Å². The SMILES string of the molecule is Cc1cc(Oc2c(C#N)c(C)nn2C)ccc1C(C)C. The minimum Gasteiger partial charge on any atom is -0.438 e. The summed E-state index contributed by atoms with van der Waals surface area (Å²) >= 11 is 0. The van der Waals surface area contributed by atoms with Gasteiger partial charge in [0.2, 0.25) is 5.88 Å². The highest BCUT2D eigenvalue weighted by Crippen LogP contribution is 2.29. The molecule has 0 saturated heterocycles. The highest BCUT2D eigenvalue weighted by Gasteiger charge is 2.15. The molecule has 0 unspecified atom stereocenters. The van der Waals surface area contributed by atoms with Crippen LogP contribution in [0.3, 0.4) is 0 Å². The molecule has 4 nitrogen and oxygen atoms in total. The molecule has 0 bridgehead atoms. The Hall–Kier alpha value is -2.28. The highest BCUT2D eigenvalue weighted by molar-refractivity contribution is 5.45. The van der Waals surface area contributed by atoms with Gasteiger partial charge in [-0.05, 0) is 43.0 Å². The number of nitriles is 1. The molecule has 104 valence electrons. The molecule has 0 saturated carbocycles. The van der Waals surface area contributed by atoms with Crippen molar-refractivity contribution in [1.29, 1.82) is 5.26 Å². The zero-order chi connectivity index (χ0) is 14.9. The molecule has 1 heterocycles. The van der Waals surface area contributed by atoms with Crippen LogP contribution in [0.2, 0.25) is 0 Å². The molecule has 2 aromatic rings. The van der Waals surface area contributed by atoms with E-state index in [1.54, 1.807) is 18.7 Å². The molecule has 0 amide bonds. The summed E-state index contributed by atoms with van der Waals surface area (Å²) < 4.78 is 7.44. The molecular weight excluding hydrogens is 250 g/mol. The summed E-state index contributed by atoms with van der Waals surface area (Å²) in [6.45, 7) is 8.21. The lowest BCUT2D eigenvalue weighted by Crippen LogP contribution is -1.98. The molecule has 0 radical (unpaired) electrons. The second kappa shape index (κ2) is 5.38. The molecule has 4 heteroatoms. The number of benzene rings is 1. The van der Waals surface area contributed by atoms with E-state index in [-0.39, 0.29) is 0 Å². The lowest BCUT2D eigenvalue weighted by molar-refractivity contribution is 0.429. The summed E-state index contributed by atoms with van der Waals surface area (Å²) in [4.78, 5) is 0. The van der Waals surface area contributed by atoms with Gasteiger partial charge in [-0.3, -0.25) is 0 Å². The topological polar surface area (TPSA) is 50.8 Å². The van der Waals surface area contributed by atoms with E-state index in [1.807, 2.05) is 12.1 Å². The maximum atomic E-state index is 9.18. The monoisotopic (exact) mass is 269 g/mol. The van der Waals surface area contributed by atoms with E-state index in [4.69, 9.17) is 4.74 Å². The Morgan fingerprint density at radius 1 is 1.30 bits per heavy atom. The van der Waals surface area contributed by atoms with Gasteiger partial charge < -0.3 is 4.74 Å². The lowest BCUT2D eigenvalue weighted by atomic mass is 9.98. The van der Waals surface area contributed by atoms with Gasteiger partial charge in [-0.25, -0.2) is 4.68 Å². The standard InChI is InChI=1S/C16H19N3O/c1-10(2)14-7-6-13(8-11(14)3)20-16-15(9-17)12(4)18-19(16)5/h6-8,10H,1-5H3. The summed E-state index contributed by atoms with van der Waals surface area (Å²) in [5, 5.41) is 13.4. The molecule has 1 aromatic carbocycles. The molecule has 0 aliphatic carbocycles. The normalized spacial score (nSPS) is 10.7. The van der Waals surface area contributed by atoms with E-state index >= 15 is 0 Å². The lowest BCUT2D eigenvalue weighted by Gasteiger charge is -2.12. The van der Waals surface area contributed by atoms with Crippen molar-refractivity contribution in [2.75, 3.05) is 0 Å². The van der Waals surface area contributed by atoms with E-state index in [0.29, 0.717) is 23.1 Å². The van der Waals surface area contributed by atoms with Crippen LogP contribution in [0, 0.1) is 25.2 Å². The fourth-order valence-corrected chi connectivity index (χ4v) is 2.35. The Bertz CT molecular complexity index is 678. The number of hydrogen-bond donors (Lipinski definition) is 0. The second-order valence-corrected chi connectivity index (χ2v) is 5.28. The maximum absolute atomic E-state index is 9.18. The van der Waals surface area contributed by atoms with Gasteiger partial charge in [0, 0.05) is 7.05 Å². The van der Waals surface area contributed by atoms with E-state index in [2.05, 4.69) is 38.0 Å². The number of aryl methyl sites for hydroxylation is 3. The molecule has 2 rings (SSSR count). The molecule has 0 aliphatic rings. The fraction of sp³-hybridized carbons (Fsp3) is 0.375. The highest BCUT2D eigenvalue weighted by atomic mass is 16.5. The average Bonchev–Trinajstić information content (AvgIpc) is 2.63. The number of hydrogen-bond acceptors (Lipinski definition) is 3. The summed E-state index contributed by atoms with van der Waals surface area (Å²) in [6, 6.07) is 8.15. The van der Waals surface area contributed by atoms with Crippen LogP contribution in [-0.4, -0.2) is 9.78 Å². The first-order valence-corrected chi connectivity index (χ1v) is 6.66. The van der Waals surface area contributed by atoms with Gasteiger partial charge in [0.1, 0.15) is 17.4 Å². The zero-order valence-electron chi connectivity index (χ0n) is 12.6. The van der Waals surface area contributed by atoms with E-state index in [1.165, 1.54) is 11.1 Å². The minimum atomic E-state index is 0.484. The molecule has 1 aromatic heterocycles. The summed E-state index contributed by atoms with van der Waals surface area (Å²) in [5.74, 6) is 1.70. The molecule has 0 aliphatic heterocycles. The number of ether oxygens (including phenoxy) is 1. The predicted octanol–water partition coefficient (Wildman–Crippen LogP) is 3.82. The van der Waals surface area contributed by atoms with Gasteiger partial charge in [-0.1, -0.05) is 19.9 Å². The van der Waals surface area contributed by atoms with Crippen molar-refractivity contribution in [3.63, 3.8) is 0 Å². The molecule has 0 fully saturated rings. The van der Waals surface area contributed by atoms with Crippen molar-refractivity contribution in [2.24, 2.45) is 7.05 Å². The molecule has 0 N–H and O–H groups in total. The van der Waals surface area contributed by atoms with E-state index in [0.717, 1.165) is 5.75 Å². The quantitative estimate of drug-likeness (QED) is 0.851. The minimum absolute atomic E-state index is 0.484. The van der Waals surface area contributed by atoms with Gasteiger partial charge in [-0.15, -0.1) is 0 Å². The van der Waals surface area contributed by atoms with E-state index < -0.39 is 0 Å². The van der Waals surface area contributed by atoms with Crippen molar-refractivity contribution in [2.45, 2.75) is 33.6 Å². The van der Waals surface area contributed by atoms with Crippen LogP contribution in [0.4, 0.5) is 0 Å². The van der Waals surface area contributed by atoms with Crippen molar-refractivity contribution < 1.29 is 4.74 Å². The van der Waals surface area contributed by atoms with Crippen LogP contribution in [-0.2, 0) is 7.05 Å². The molecule has 20 heavy (non-hydrogen) atoms. The number of nitrogens with zero attached hydrogens (tertiary/aromatic N) is 3. The molecule has 0 atom stereocenters. The molecule has 0 spiro atoms. The number of rotatable bonds is 3. The van der Waals surface area contributed by atoms with Crippen LogP contribution in [0.1, 0.15) is 42.1 Å². The first-order chi connectivity index (χ1) is 9.43. The predicted molar refractivity (Wildman–Crippen MR) is 78.0 cm³/mol. The van der Waals surface area contributed by atoms with Gasteiger partial charge in [-0.2, -0.15) is 10.4 Å². The van der Waals surface area contributed by atoms with Gasteiger partial charge >= 0.3 is 0 Å². The average molecular weight is 269 g/mol. The first-order valence-electron chi connectivity index (χ1n) is 6.66. The third-order valence-corrected chi connectivity index (χ3v) is 3.36. The Labute approximate surface area is 119 Å². The smallest absolute Gasteiger partial charge is 0.235 e. The summed E-state index contributed by atoms with van der Waals surface area (Å²) in [6.07, 6.45) is 0. The van der Waals surface area contributed by atoms with Gasteiger partial charge in [0.15, 0.2) is 0 Å². The van der Waals surface area contributed by atoms with Crippen molar-refractivity contribution >= 4 is 0 Å². The Balaban J connectivity index is 2.37. The van der Waals surface area contributed by atoms with Crippen LogP contribution < -0.4 is 4.74 Å². The zero-order valence-corrected chi connectivity index (χ0v) is 12.6. The Kier molecular flexibility index (Phi) is 3.80. The van der Waals surface area contributed by atoms with Crippen molar-refractivity contribution in [3.8, 4) is 17.7 Å². The van der Waals surface area contributed by atoms with Crippen molar-refractivity contribution in [1.82, 2.24) is 9.78 Å². The third-order valence-electron chi connectivity index (χ3n) is 3.36. The largest absolute Gasteiger partial charge is 0.438 e. The summed E-state index contributed by atoms with van der Waals surface area (Å²) in [5.41, 5.74) is 3.66. The Morgan fingerprint density at radius 3 is 2.55 bits per heavy atom. The fourth-order valence-electron chi connectivity index (χ4n) is 2.35. The molecular formula is C16H19N3O. The first kappa shape index (κ1) is 14.1. The van der Waals surface area contributed by atoms with Crippen LogP contribution >= 0.6 is 0 Å². The van der Waals surface area contributed by atoms with Crippen LogP contribution in [0.25, 0.3) is 0 Å². The van der Waals surface area contributed by atoms with Gasteiger partial charge in [0.25, 0.3) is 0 Å². The third kappa shape index (κ3) is 2.53. The van der Waals surface area contributed by atoms with Gasteiger partial charge in [0.05, 0.1) is 5.69 Å². The van der Waals surface area contributed by atoms with Crippen LogP contribution in [0.5, 0.6) is 11.6 Å². The van der Waals surface area contributed by atoms with Crippen LogP contribution in [0.15, 0.2) is 18.2 Å². The maximum Gasteiger partial charge on any atom is 0.235 e. The number of aromatic nitrogens is 2. The summed E-state index contributed by atoms with van der Waals surface area (Å²) in [7, 11) is 1.78.